The minimum Gasteiger partial charge on any atom is -0.497 e. The Balaban J connectivity index is 2.05. The maximum Gasteiger partial charge on any atom is 0.120 e. The van der Waals surface area contributed by atoms with Crippen molar-refractivity contribution < 1.29 is 4.74 Å². The molecule has 0 radical (unpaired) electrons. The van der Waals surface area contributed by atoms with Crippen LogP contribution in [0.2, 0.25) is 0 Å². The molecule has 0 aromatic heterocycles. The maximum atomic E-state index is 5.32. The Labute approximate surface area is 116 Å². The van der Waals surface area contributed by atoms with Crippen LogP contribution in [0.3, 0.4) is 0 Å². The SMILES string of the molecule is CCCNC1CC(C)CN(c2cccc(OC)c2)C1. The maximum absolute atomic E-state index is 5.32. The zero-order chi connectivity index (χ0) is 13.7. The molecular formula is C16H26N2O. The van der Waals surface area contributed by atoms with E-state index in [1.54, 1.807) is 7.11 Å². The number of hydrogen-bond donors (Lipinski definition) is 1. The van der Waals surface area contributed by atoms with Gasteiger partial charge in [-0.2, -0.15) is 0 Å². The van der Waals surface area contributed by atoms with Crippen molar-refractivity contribution in [2.24, 2.45) is 5.92 Å². The van der Waals surface area contributed by atoms with Crippen LogP contribution in [-0.2, 0) is 0 Å². The summed E-state index contributed by atoms with van der Waals surface area (Å²) in [6.07, 6.45) is 2.48. The summed E-state index contributed by atoms with van der Waals surface area (Å²) in [5, 5.41) is 3.66. The predicted octanol–water partition coefficient (Wildman–Crippen LogP) is 2.91. The van der Waals surface area contributed by atoms with Gasteiger partial charge in [-0.1, -0.05) is 19.9 Å². The lowest BCUT2D eigenvalue weighted by atomic mass is 9.95. The Hall–Kier alpha value is -1.22. The van der Waals surface area contributed by atoms with Gasteiger partial charge >= 0.3 is 0 Å². The molecule has 1 aromatic rings. The van der Waals surface area contributed by atoms with E-state index in [9.17, 15) is 0 Å². The van der Waals surface area contributed by atoms with Crippen LogP contribution in [0.15, 0.2) is 24.3 Å². The third kappa shape index (κ3) is 3.87. The Morgan fingerprint density at radius 1 is 1.37 bits per heavy atom. The highest BCUT2D eigenvalue weighted by Crippen LogP contribution is 2.26. The second-order valence-electron chi connectivity index (χ2n) is 5.60. The standard InChI is InChI=1S/C16H26N2O/c1-4-8-17-14-9-13(2)11-18(12-14)15-6-5-7-16(10-15)19-3/h5-7,10,13-14,17H,4,8-9,11-12H2,1-3H3. The van der Waals surface area contributed by atoms with Gasteiger partial charge in [-0.05, 0) is 37.4 Å². The van der Waals surface area contributed by atoms with Gasteiger partial charge in [0.15, 0.2) is 0 Å². The van der Waals surface area contributed by atoms with Gasteiger partial charge in [0.05, 0.1) is 7.11 Å². The Morgan fingerprint density at radius 2 is 2.21 bits per heavy atom. The van der Waals surface area contributed by atoms with Gasteiger partial charge in [0.2, 0.25) is 0 Å². The smallest absolute Gasteiger partial charge is 0.120 e. The Bertz CT molecular complexity index is 394. The zero-order valence-corrected chi connectivity index (χ0v) is 12.4. The molecule has 3 heteroatoms. The fraction of sp³-hybridized carbons (Fsp3) is 0.625. The van der Waals surface area contributed by atoms with Crippen molar-refractivity contribution in [3.63, 3.8) is 0 Å². The van der Waals surface area contributed by atoms with Crippen LogP contribution < -0.4 is 15.0 Å². The van der Waals surface area contributed by atoms with Gasteiger partial charge in [0, 0.05) is 30.9 Å². The number of methoxy groups -OCH3 is 1. The molecule has 3 nitrogen and oxygen atoms in total. The molecule has 0 amide bonds. The van der Waals surface area contributed by atoms with Gasteiger partial charge in [0.1, 0.15) is 5.75 Å². The summed E-state index contributed by atoms with van der Waals surface area (Å²) in [6.45, 7) is 7.91. The van der Waals surface area contributed by atoms with E-state index in [0.29, 0.717) is 6.04 Å². The molecule has 0 aliphatic carbocycles. The van der Waals surface area contributed by atoms with E-state index in [2.05, 4.69) is 42.3 Å². The van der Waals surface area contributed by atoms with Gasteiger partial charge in [0.25, 0.3) is 0 Å². The number of hydrogen-bond acceptors (Lipinski definition) is 3. The van der Waals surface area contributed by atoms with Crippen molar-refractivity contribution in [1.82, 2.24) is 5.32 Å². The van der Waals surface area contributed by atoms with Crippen LogP contribution in [-0.4, -0.2) is 32.8 Å². The van der Waals surface area contributed by atoms with Gasteiger partial charge in [-0.3, -0.25) is 0 Å². The van der Waals surface area contributed by atoms with Crippen LogP contribution in [0.4, 0.5) is 5.69 Å². The van der Waals surface area contributed by atoms with Gasteiger partial charge < -0.3 is 15.0 Å². The van der Waals surface area contributed by atoms with Gasteiger partial charge in [-0.25, -0.2) is 0 Å². The lowest BCUT2D eigenvalue weighted by Gasteiger charge is -2.38. The van der Waals surface area contributed by atoms with Crippen LogP contribution >= 0.6 is 0 Å². The molecule has 0 bridgehead atoms. The van der Waals surface area contributed by atoms with Crippen molar-refractivity contribution in [2.75, 3.05) is 31.6 Å². The summed E-state index contributed by atoms with van der Waals surface area (Å²) in [6, 6.07) is 8.99. The summed E-state index contributed by atoms with van der Waals surface area (Å²) >= 11 is 0. The topological polar surface area (TPSA) is 24.5 Å². The monoisotopic (exact) mass is 262 g/mol. The molecule has 1 saturated heterocycles. The van der Waals surface area contributed by atoms with Crippen molar-refractivity contribution in [3.05, 3.63) is 24.3 Å². The van der Waals surface area contributed by atoms with E-state index >= 15 is 0 Å². The molecule has 19 heavy (non-hydrogen) atoms. The van der Waals surface area contributed by atoms with Gasteiger partial charge in [-0.15, -0.1) is 0 Å². The van der Waals surface area contributed by atoms with E-state index < -0.39 is 0 Å². The van der Waals surface area contributed by atoms with Crippen LogP contribution in [0.5, 0.6) is 5.75 Å². The van der Waals surface area contributed by atoms with E-state index in [-0.39, 0.29) is 0 Å². The van der Waals surface area contributed by atoms with Crippen molar-refractivity contribution in [3.8, 4) is 5.75 Å². The zero-order valence-electron chi connectivity index (χ0n) is 12.4. The number of nitrogens with one attached hydrogen (secondary N) is 1. The first-order valence-corrected chi connectivity index (χ1v) is 7.35. The number of nitrogens with zero attached hydrogens (tertiary/aromatic N) is 1. The van der Waals surface area contributed by atoms with E-state index in [4.69, 9.17) is 4.74 Å². The minimum atomic E-state index is 0.606. The van der Waals surface area contributed by atoms with Crippen molar-refractivity contribution in [2.45, 2.75) is 32.7 Å². The molecule has 2 unspecified atom stereocenters. The largest absolute Gasteiger partial charge is 0.497 e. The lowest BCUT2D eigenvalue weighted by molar-refractivity contribution is 0.351. The second-order valence-corrected chi connectivity index (χ2v) is 5.60. The van der Waals surface area contributed by atoms with Crippen LogP contribution in [0.25, 0.3) is 0 Å². The molecule has 1 fully saturated rings. The summed E-state index contributed by atoms with van der Waals surface area (Å²) in [7, 11) is 1.73. The quantitative estimate of drug-likeness (QED) is 0.883. The fourth-order valence-corrected chi connectivity index (χ4v) is 2.87. The third-order valence-corrected chi connectivity index (χ3v) is 3.76. The molecular weight excluding hydrogens is 236 g/mol. The first kappa shape index (κ1) is 14.2. The summed E-state index contributed by atoms with van der Waals surface area (Å²) in [4.78, 5) is 2.48. The molecule has 1 aliphatic rings. The predicted molar refractivity (Wildman–Crippen MR) is 81.1 cm³/mol. The highest BCUT2D eigenvalue weighted by Gasteiger charge is 2.24. The number of piperidine rings is 1. The Morgan fingerprint density at radius 3 is 2.95 bits per heavy atom. The Kier molecular flexibility index (Phi) is 5.08. The van der Waals surface area contributed by atoms with Crippen LogP contribution in [0, 0.1) is 5.92 Å². The third-order valence-electron chi connectivity index (χ3n) is 3.76. The van der Waals surface area contributed by atoms with E-state index in [0.717, 1.165) is 31.3 Å². The first-order chi connectivity index (χ1) is 9.22. The van der Waals surface area contributed by atoms with E-state index in [1.807, 2.05) is 6.07 Å². The summed E-state index contributed by atoms with van der Waals surface area (Å²) < 4.78 is 5.32. The number of anilines is 1. The molecule has 0 spiro atoms. The molecule has 1 aliphatic heterocycles. The lowest BCUT2D eigenvalue weighted by Crippen LogP contribution is -2.49. The first-order valence-electron chi connectivity index (χ1n) is 7.35. The van der Waals surface area contributed by atoms with Crippen LogP contribution in [0.1, 0.15) is 26.7 Å². The molecule has 2 rings (SSSR count). The molecule has 106 valence electrons. The highest BCUT2D eigenvalue weighted by atomic mass is 16.5. The normalized spacial score (nSPS) is 23.4. The number of ether oxygens (including phenoxy) is 1. The van der Waals surface area contributed by atoms with E-state index in [1.165, 1.54) is 18.5 Å². The number of benzene rings is 1. The summed E-state index contributed by atoms with van der Waals surface area (Å²) in [5.41, 5.74) is 1.27. The number of rotatable bonds is 5. The molecule has 1 heterocycles. The second kappa shape index (κ2) is 6.80. The highest BCUT2D eigenvalue weighted by molar-refractivity contribution is 5.51. The minimum absolute atomic E-state index is 0.606. The van der Waals surface area contributed by atoms with Crippen molar-refractivity contribution in [1.29, 1.82) is 0 Å². The fourth-order valence-electron chi connectivity index (χ4n) is 2.87. The average molecular weight is 262 g/mol. The average Bonchev–Trinajstić information content (AvgIpc) is 2.44. The molecule has 0 saturated carbocycles. The molecule has 1 aromatic carbocycles. The van der Waals surface area contributed by atoms with Crippen molar-refractivity contribution >= 4 is 5.69 Å². The molecule has 2 atom stereocenters. The molecule has 1 N–H and O–H groups in total. The summed E-state index contributed by atoms with van der Waals surface area (Å²) in [5.74, 6) is 1.67.